The smallest absolute Gasteiger partial charge is 0.416 e. The molecule has 29 heavy (non-hydrogen) atoms. The Hall–Kier alpha value is -2.18. The van der Waals surface area contributed by atoms with E-state index >= 15 is 0 Å². The van der Waals surface area contributed by atoms with E-state index in [1.165, 1.54) is 19.3 Å². The van der Waals surface area contributed by atoms with Gasteiger partial charge in [0.05, 0.1) is 6.04 Å². The summed E-state index contributed by atoms with van der Waals surface area (Å²) in [5.74, 6) is 0.505. The molecule has 0 unspecified atom stereocenters. The number of hydrogen-bond donors (Lipinski definition) is 0. The summed E-state index contributed by atoms with van der Waals surface area (Å²) in [7, 11) is 0. The third-order valence-corrected chi connectivity index (χ3v) is 6.32. The summed E-state index contributed by atoms with van der Waals surface area (Å²) >= 11 is 6.07. The van der Waals surface area contributed by atoms with Gasteiger partial charge < -0.3 is 4.74 Å². The van der Waals surface area contributed by atoms with Gasteiger partial charge in [0.1, 0.15) is 6.61 Å². The molecule has 1 aromatic carbocycles. The van der Waals surface area contributed by atoms with Crippen LogP contribution in [0, 0.1) is 6.92 Å². The maximum Gasteiger partial charge on any atom is 0.416 e. The third-order valence-electron chi connectivity index (χ3n) is 5.94. The standard InChI is InChI=1S/C22H27ClN4O2/c1-16-13-20(24-25-21(16)23)27(22(28)29-15-17-7-3-2-4-8-17)19-11-6-12-26(14-19)18-9-5-10-18/h2-4,7-8,13,18-19H,5-6,9-12,14-15H2,1H3/t19-/m1/s1. The molecule has 1 saturated heterocycles. The number of anilines is 1. The number of aryl methyl sites for hydroxylation is 1. The molecule has 2 aromatic rings. The van der Waals surface area contributed by atoms with E-state index < -0.39 is 0 Å². The van der Waals surface area contributed by atoms with Crippen LogP contribution in [0.5, 0.6) is 0 Å². The molecule has 1 amide bonds. The highest BCUT2D eigenvalue weighted by Gasteiger charge is 2.35. The third kappa shape index (κ3) is 4.70. The molecule has 4 rings (SSSR count). The Morgan fingerprint density at radius 2 is 2.00 bits per heavy atom. The Kier molecular flexibility index (Phi) is 6.31. The van der Waals surface area contributed by atoms with Gasteiger partial charge in [0.2, 0.25) is 0 Å². The predicted octanol–water partition coefficient (Wildman–Crippen LogP) is 4.60. The fourth-order valence-corrected chi connectivity index (χ4v) is 4.16. The number of likely N-dealkylation sites (tertiary alicyclic amines) is 1. The van der Waals surface area contributed by atoms with Crippen molar-refractivity contribution in [2.45, 2.75) is 57.7 Å². The normalized spacial score (nSPS) is 20.1. The second-order valence-electron chi connectivity index (χ2n) is 7.96. The average molecular weight is 415 g/mol. The summed E-state index contributed by atoms with van der Waals surface area (Å²) in [6, 6.07) is 12.2. The minimum atomic E-state index is -0.384. The largest absolute Gasteiger partial charge is 0.444 e. The molecule has 0 radical (unpaired) electrons. The summed E-state index contributed by atoms with van der Waals surface area (Å²) in [5, 5.41) is 8.60. The van der Waals surface area contributed by atoms with Crippen LogP contribution < -0.4 is 4.90 Å². The maximum absolute atomic E-state index is 13.2. The van der Waals surface area contributed by atoms with Crippen LogP contribution in [0.15, 0.2) is 36.4 Å². The van der Waals surface area contributed by atoms with Crippen molar-refractivity contribution in [1.29, 1.82) is 0 Å². The highest BCUT2D eigenvalue weighted by Crippen LogP contribution is 2.30. The van der Waals surface area contributed by atoms with Gasteiger partial charge in [-0.05, 0) is 56.3 Å². The summed E-state index contributed by atoms with van der Waals surface area (Å²) < 4.78 is 5.67. The number of halogens is 1. The van der Waals surface area contributed by atoms with Gasteiger partial charge in [-0.1, -0.05) is 48.4 Å². The number of ether oxygens (including phenoxy) is 1. The van der Waals surface area contributed by atoms with Crippen molar-refractivity contribution in [3.8, 4) is 0 Å². The summed E-state index contributed by atoms with van der Waals surface area (Å²) in [5.41, 5.74) is 1.75. The van der Waals surface area contributed by atoms with E-state index in [0.29, 0.717) is 17.0 Å². The molecular weight excluding hydrogens is 388 g/mol. The van der Waals surface area contributed by atoms with Gasteiger partial charge in [-0.2, -0.15) is 0 Å². The number of benzene rings is 1. The maximum atomic E-state index is 13.2. The van der Waals surface area contributed by atoms with Crippen molar-refractivity contribution in [3.63, 3.8) is 0 Å². The molecule has 0 N–H and O–H groups in total. The first kappa shape index (κ1) is 20.1. The topological polar surface area (TPSA) is 58.6 Å². The fourth-order valence-electron chi connectivity index (χ4n) is 4.07. The predicted molar refractivity (Wildman–Crippen MR) is 113 cm³/mol. The van der Waals surface area contributed by atoms with Gasteiger partial charge in [0.15, 0.2) is 11.0 Å². The lowest BCUT2D eigenvalue weighted by molar-refractivity contribution is 0.0886. The molecule has 0 bridgehead atoms. The molecule has 1 atom stereocenters. The zero-order valence-corrected chi connectivity index (χ0v) is 17.5. The van der Waals surface area contributed by atoms with E-state index in [0.717, 1.165) is 37.1 Å². The van der Waals surface area contributed by atoms with E-state index in [1.54, 1.807) is 4.90 Å². The van der Waals surface area contributed by atoms with E-state index in [1.807, 2.05) is 43.3 Å². The van der Waals surface area contributed by atoms with Crippen molar-refractivity contribution in [2.24, 2.45) is 0 Å². The lowest BCUT2D eigenvalue weighted by atomic mass is 9.89. The van der Waals surface area contributed by atoms with E-state index in [9.17, 15) is 4.79 Å². The van der Waals surface area contributed by atoms with Crippen molar-refractivity contribution >= 4 is 23.5 Å². The first-order chi connectivity index (χ1) is 14.1. The Labute approximate surface area is 176 Å². The number of aromatic nitrogens is 2. The lowest BCUT2D eigenvalue weighted by Crippen LogP contribution is -2.54. The molecule has 154 valence electrons. The molecule has 2 heterocycles. The van der Waals surface area contributed by atoms with Crippen molar-refractivity contribution < 1.29 is 9.53 Å². The van der Waals surface area contributed by atoms with E-state index in [4.69, 9.17) is 16.3 Å². The zero-order valence-electron chi connectivity index (χ0n) is 16.8. The minimum absolute atomic E-state index is 0.0162. The Morgan fingerprint density at radius 3 is 2.69 bits per heavy atom. The average Bonchev–Trinajstić information content (AvgIpc) is 2.69. The first-order valence-electron chi connectivity index (χ1n) is 10.4. The van der Waals surface area contributed by atoms with Crippen LogP contribution in [0.2, 0.25) is 5.15 Å². The van der Waals surface area contributed by atoms with Gasteiger partial charge in [-0.15, -0.1) is 10.2 Å². The fraction of sp³-hybridized carbons (Fsp3) is 0.500. The Balaban J connectivity index is 1.54. The number of carbonyl (C=O) groups is 1. The minimum Gasteiger partial charge on any atom is -0.444 e. The molecule has 7 heteroatoms. The molecule has 1 aromatic heterocycles. The van der Waals surface area contributed by atoms with Gasteiger partial charge >= 0.3 is 6.09 Å². The van der Waals surface area contributed by atoms with Crippen LogP contribution in [-0.2, 0) is 11.3 Å². The summed E-state index contributed by atoms with van der Waals surface area (Å²) in [6.07, 6.45) is 5.41. The molecule has 1 aliphatic carbocycles. The Morgan fingerprint density at radius 1 is 1.21 bits per heavy atom. The second kappa shape index (κ2) is 9.09. The quantitative estimate of drug-likeness (QED) is 0.715. The van der Waals surface area contributed by atoms with Crippen LogP contribution >= 0.6 is 11.6 Å². The second-order valence-corrected chi connectivity index (χ2v) is 8.32. The highest BCUT2D eigenvalue weighted by molar-refractivity contribution is 6.30. The van der Waals surface area contributed by atoms with Crippen LogP contribution in [0.25, 0.3) is 0 Å². The summed E-state index contributed by atoms with van der Waals surface area (Å²) in [4.78, 5) is 17.4. The number of nitrogens with zero attached hydrogens (tertiary/aromatic N) is 4. The molecule has 2 aliphatic rings. The molecule has 1 saturated carbocycles. The SMILES string of the molecule is Cc1cc(N(C(=O)OCc2ccccc2)[C@@H]2CCCN(C3CCC3)C2)nnc1Cl. The van der Waals surface area contributed by atoms with Crippen LogP contribution in [0.3, 0.4) is 0 Å². The monoisotopic (exact) mass is 414 g/mol. The summed E-state index contributed by atoms with van der Waals surface area (Å²) in [6.45, 7) is 4.04. The van der Waals surface area contributed by atoms with Gasteiger partial charge in [0.25, 0.3) is 0 Å². The lowest BCUT2D eigenvalue weighted by Gasteiger charge is -2.44. The van der Waals surface area contributed by atoms with Gasteiger partial charge in [0, 0.05) is 12.6 Å². The van der Waals surface area contributed by atoms with Crippen molar-refractivity contribution in [1.82, 2.24) is 15.1 Å². The molecule has 1 aliphatic heterocycles. The number of hydrogen-bond acceptors (Lipinski definition) is 5. The van der Waals surface area contributed by atoms with E-state index in [-0.39, 0.29) is 18.7 Å². The molecule has 0 spiro atoms. The van der Waals surface area contributed by atoms with E-state index in [2.05, 4.69) is 15.1 Å². The van der Waals surface area contributed by atoms with Crippen molar-refractivity contribution in [3.05, 3.63) is 52.7 Å². The zero-order chi connectivity index (χ0) is 20.2. The van der Waals surface area contributed by atoms with Gasteiger partial charge in [-0.3, -0.25) is 9.80 Å². The van der Waals surface area contributed by atoms with Crippen LogP contribution in [-0.4, -0.2) is 46.4 Å². The molecule has 6 nitrogen and oxygen atoms in total. The molecular formula is C22H27ClN4O2. The van der Waals surface area contributed by atoms with Crippen molar-refractivity contribution in [2.75, 3.05) is 18.0 Å². The number of amides is 1. The highest BCUT2D eigenvalue weighted by atomic mass is 35.5. The molecule has 2 fully saturated rings. The van der Waals surface area contributed by atoms with Crippen LogP contribution in [0.4, 0.5) is 10.6 Å². The number of piperidine rings is 1. The van der Waals surface area contributed by atoms with Gasteiger partial charge in [-0.25, -0.2) is 4.79 Å². The van der Waals surface area contributed by atoms with Crippen LogP contribution in [0.1, 0.15) is 43.2 Å². The number of rotatable bonds is 5. The Bertz CT molecular complexity index is 844. The number of carbonyl (C=O) groups excluding carboxylic acids is 1. The first-order valence-corrected chi connectivity index (χ1v) is 10.7.